The maximum atomic E-state index is 4.97. The van der Waals surface area contributed by atoms with Crippen molar-refractivity contribution in [3.63, 3.8) is 0 Å². The third-order valence-electron chi connectivity index (χ3n) is 5.20. The van der Waals surface area contributed by atoms with Crippen LogP contribution in [0.1, 0.15) is 0 Å². The summed E-state index contributed by atoms with van der Waals surface area (Å²) in [5.41, 5.74) is 5.36. The molecular weight excluding hydrogens is 453 g/mol. The Hall–Kier alpha value is -1.47. The molecule has 0 unspecified atom stereocenters. The van der Waals surface area contributed by atoms with Crippen molar-refractivity contribution >= 4 is 55.9 Å². The minimum atomic E-state index is -1.92. The van der Waals surface area contributed by atoms with E-state index in [1.807, 2.05) is 0 Å². The molecule has 0 aromatic heterocycles. The second-order valence-corrected chi connectivity index (χ2v) is 14.5. The van der Waals surface area contributed by atoms with Gasteiger partial charge in [-0.3, -0.25) is 0 Å². The standard InChI is InChI=1S/C24H20B.3ClH.Ti/c1-5-13-21(14-6-1)25(22-15-7-2-8-16-22,23-17-9-3-10-18-23)24-19-11-4-12-20-24;;;;/h1-20H;3*1H;/q-1;;;;+4/p-3. The van der Waals surface area contributed by atoms with Crippen LogP contribution in [0.2, 0.25) is 0 Å². The van der Waals surface area contributed by atoms with Gasteiger partial charge >= 0.3 is 42.6 Å². The smallest absolute Gasteiger partial charge is 0.108 e. The average Bonchev–Trinajstić information content (AvgIpc) is 2.77. The number of rotatable bonds is 4. The molecule has 0 fully saturated rings. The van der Waals surface area contributed by atoms with Crippen LogP contribution in [0.15, 0.2) is 121 Å². The van der Waals surface area contributed by atoms with Crippen molar-refractivity contribution in [1.82, 2.24) is 0 Å². The van der Waals surface area contributed by atoms with Crippen LogP contribution in [0.25, 0.3) is 0 Å². The second kappa shape index (κ2) is 11.1. The van der Waals surface area contributed by atoms with Crippen molar-refractivity contribution in [2.24, 2.45) is 0 Å². The third kappa shape index (κ3) is 5.37. The summed E-state index contributed by atoms with van der Waals surface area (Å²) in [4.78, 5) is 0. The Bertz CT molecular complexity index is 815. The van der Waals surface area contributed by atoms with E-state index in [4.69, 9.17) is 27.9 Å². The topological polar surface area (TPSA) is 0 Å². The monoisotopic (exact) mass is 472 g/mol. The van der Waals surface area contributed by atoms with Gasteiger partial charge < -0.3 is 0 Å². The molecule has 0 radical (unpaired) electrons. The van der Waals surface area contributed by atoms with Crippen LogP contribution in [0.4, 0.5) is 0 Å². The zero-order valence-corrected chi connectivity index (χ0v) is 19.6. The molecule has 144 valence electrons. The van der Waals surface area contributed by atoms with Gasteiger partial charge in [0.05, 0.1) is 0 Å². The van der Waals surface area contributed by atoms with Gasteiger partial charge in [-0.1, -0.05) is 121 Å². The van der Waals surface area contributed by atoms with Crippen LogP contribution >= 0.6 is 27.9 Å². The molecule has 0 bridgehead atoms. The summed E-state index contributed by atoms with van der Waals surface area (Å²) < 4.78 is 0. The van der Waals surface area contributed by atoms with Gasteiger partial charge in [-0.25, -0.2) is 0 Å². The molecule has 0 aliphatic carbocycles. The van der Waals surface area contributed by atoms with E-state index in [2.05, 4.69) is 121 Å². The molecule has 4 aromatic carbocycles. The number of hydrogen-bond donors (Lipinski definition) is 0. The molecule has 29 heavy (non-hydrogen) atoms. The summed E-state index contributed by atoms with van der Waals surface area (Å²) in [7, 11) is 14.9. The van der Waals surface area contributed by atoms with Crippen LogP contribution in [-0.4, -0.2) is 6.15 Å². The predicted molar refractivity (Wildman–Crippen MR) is 128 cm³/mol. The van der Waals surface area contributed by atoms with Gasteiger partial charge in [0.1, 0.15) is 6.15 Å². The Morgan fingerprint density at radius 3 is 0.724 bits per heavy atom. The summed E-state index contributed by atoms with van der Waals surface area (Å²) in [6.45, 7) is 0. The van der Waals surface area contributed by atoms with Crippen molar-refractivity contribution in [2.75, 3.05) is 0 Å². The quantitative estimate of drug-likeness (QED) is 0.361. The molecule has 0 saturated heterocycles. The van der Waals surface area contributed by atoms with Gasteiger partial charge in [0, 0.05) is 0 Å². The molecular formula is C24H20BCl3Ti. The Balaban J connectivity index is 0.000000552. The van der Waals surface area contributed by atoms with Crippen LogP contribution in [0.3, 0.4) is 0 Å². The van der Waals surface area contributed by atoms with Gasteiger partial charge in [0.25, 0.3) is 0 Å². The van der Waals surface area contributed by atoms with Crippen molar-refractivity contribution in [2.45, 2.75) is 0 Å². The molecule has 5 heteroatoms. The molecule has 4 rings (SSSR count). The average molecular weight is 473 g/mol. The Morgan fingerprint density at radius 1 is 0.379 bits per heavy atom. The molecule has 0 N–H and O–H groups in total. The molecule has 0 saturated carbocycles. The Kier molecular flexibility index (Phi) is 8.48. The van der Waals surface area contributed by atoms with E-state index in [0.717, 1.165) is 0 Å². The summed E-state index contributed by atoms with van der Waals surface area (Å²) >= 11 is -1.92. The normalized spacial score (nSPS) is 10.6. The maximum Gasteiger partial charge on any atom is 0.108 e. The van der Waals surface area contributed by atoms with E-state index in [-0.39, 0.29) is 0 Å². The summed E-state index contributed by atoms with van der Waals surface area (Å²) in [6.07, 6.45) is -1.22. The maximum absolute atomic E-state index is 4.97. The molecule has 0 atom stereocenters. The van der Waals surface area contributed by atoms with Crippen LogP contribution < -0.4 is 21.9 Å². The first-order valence-electron chi connectivity index (χ1n) is 9.36. The van der Waals surface area contributed by atoms with Crippen molar-refractivity contribution in [3.8, 4) is 0 Å². The van der Waals surface area contributed by atoms with Crippen molar-refractivity contribution in [1.29, 1.82) is 0 Å². The van der Waals surface area contributed by atoms with Gasteiger partial charge in [-0.2, -0.15) is 21.9 Å². The number of benzene rings is 4. The molecule has 0 nitrogen and oxygen atoms in total. The van der Waals surface area contributed by atoms with Crippen LogP contribution in [0.5, 0.6) is 0 Å². The van der Waals surface area contributed by atoms with E-state index < -0.39 is 20.8 Å². The molecule has 0 spiro atoms. The zero-order chi connectivity index (χ0) is 20.5. The van der Waals surface area contributed by atoms with Gasteiger partial charge in [0.2, 0.25) is 0 Å². The Morgan fingerprint density at radius 2 is 0.552 bits per heavy atom. The van der Waals surface area contributed by atoms with E-state index in [1.165, 1.54) is 21.9 Å². The van der Waals surface area contributed by atoms with Crippen molar-refractivity contribution < 1.29 is 14.7 Å². The second-order valence-electron chi connectivity index (χ2n) is 6.72. The van der Waals surface area contributed by atoms with E-state index in [9.17, 15) is 0 Å². The fraction of sp³-hybridized carbons (Fsp3) is 0. The van der Waals surface area contributed by atoms with Gasteiger partial charge in [-0.05, 0) is 0 Å². The molecule has 0 heterocycles. The zero-order valence-electron chi connectivity index (χ0n) is 15.8. The van der Waals surface area contributed by atoms with E-state index in [0.29, 0.717) is 0 Å². The SMILES string of the molecule is [Cl][Ti+]([Cl])[Cl].c1ccc([B-](c2ccccc2)(c2ccccc2)c2ccccc2)cc1. The predicted octanol–water partition coefficient (Wildman–Crippen LogP) is 5.13. The fourth-order valence-corrected chi connectivity index (χ4v) is 4.12. The molecule has 0 amide bonds. The molecule has 0 aliphatic rings. The molecule has 4 aromatic rings. The third-order valence-corrected chi connectivity index (χ3v) is 5.20. The van der Waals surface area contributed by atoms with E-state index in [1.54, 1.807) is 0 Å². The van der Waals surface area contributed by atoms with E-state index >= 15 is 0 Å². The first-order valence-corrected chi connectivity index (χ1v) is 15.8. The largest absolute Gasteiger partial charge is 0.195 e. The first-order chi connectivity index (χ1) is 14.2. The number of halogens is 3. The summed E-state index contributed by atoms with van der Waals surface area (Å²) in [5, 5.41) is 0. The first kappa shape index (κ1) is 22.2. The fourth-order valence-electron chi connectivity index (χ4n) is 4.12. The number of hydrogen-bond acceptors (Lipinski definition) is 0. The van der Waals surface area contributed by atoms with Crippen molar-refractivity contribution in [3.05, 3.63) is 121 Å². The minimum absolute atomic E-state index is 1.22. The van der Waals surface area contributed by atoms with Crippen LogP contribution in [-0.2, 0) is 14.7 Å². The van der Waals surface area contributed by atoms with Crippen LogP contribution in [0, 0.1) is 0 Å². The van der Waals surface area contributed by atoms with Gasteiger partial charge in [-0.15, -0.1) is 0 Å². The van der Waals surface area contributed by atoms with Gasteiger partial charge in [0.15, 0.2) is 0 Å². The Labute approximate surface area is 190 Å². The summed E-state index contributed by atoms with van der Waals surface area (Å²) in [6, 6.07) is 43.5. The minimum Gasteiger partial charge on any atom is -0.195 e. The molecule has 0 aliphatic heterocycles. The summed E-state index contributed by atoms with van der Waals surface area (Å²) in [5.74, 6) is 0.